The average molecular weight is 384 g/mol. The van der Waals surface area contributed by atoms with Crippen LogP contribution in [0.4, 0.5) is 0 Å². The highest BCUT2D eigenvalue weighted by atomic mass is 16.2. The molecule has 0 unspecified atom stereocenters. The van der Waals surface area contributed by atoms with Gasteiger partial charge in [-0.25, -0.2) is 0 Å². The maximum absolute atomic E-state index is 12.6. The van der Waals surface area contributed by atoms with Crippen LogP contribution < -0.4 is 5.32 Å². The van der Waals surface area contributed by atoms with Crippen molar-refractivity contribution < 1.29 is 14.4 Å². The summed E-state index contributed by atoms with van der Waals surface area (Å²) in [7, 11) is 0. The Bertz CT molecular complexity index is 743. The van der Waals surface area contributed by atoms with Crippen molar-refractivity contribution in [1.29, 1.82) is 0 Å². The standard InChI is InChI=1S/C21H28N4O3/c26-18-5-4-17(23-18)20(28)24-13-9-21(10-14-24)8-6-19(27)25(15-21)12-7-16-3-1-2-11-22-16/h1-3,11,17H,4-10,12-15H2,(H,23,26)/t17-/m0/s1. The van der Waals surface area contributed by atoms with Crippen molar-refractivity contribution in [3.8, 4) is 0 Å². The lowest BCUT2D eigenvalue weighted by Gasteiger charge is -2.47. The summed E-state index contributed by atoms with van der Waals surface area (Å²) in [5.74, 6) is 0.259. The molecule has 28 heavy (non-hydrogen) atoms. The second-order valence-electron chi connectivity index (χ2n) is 8.37. The molecule has 1 spiro atoms. The minimum absolute atomic E-state index is 0.0267. The Morgan fingerprint density at radius 2 is 2.00 bits per heavy atom. The number of carbonyl (C=O) groups is 3. The fourth-order valence-electron chi connectivity index (χ4n) is 4.73. The van der Waals surface area contributed by atoms with Crippen molar-refractivity contribution in [3.05, 3.63) is 30.1 Å². The van der Waals surface area contributed by atoms with Gasteiger partial charge in [0.15, 0.2) is 0 Å². The Kier molecular flexibility index (Phi) is 5.33. The maximum atomic E-state index is 12.6. The van der Waals surface area contributed by atoms with Gasteiger partial charge in [0, 0.05) is 57.3 Å². The molecule has 0 saturated carbocycles. The normalized spacial score (nSPS) is 24.5. The van der Waals surface area contributed by atoms with Gasteiger partial charge in [-0.3, -0.25) is 19.4 Å². The highest BCUT2D eigenvalue weighted by Gasteiger charge is 2.42. The molecular weight excluding hydrogens is 356 g/mol. The first-order chi connectivity index (χ1) is 13.5. The molecule has 3 aliphatic rings. The number of piperidine rings is 2. The molecule has 4 heterocycles. The van der Waals surface area contributed by atoms with Crippen LogP contribution in [0.3, 0.4) is 0 Å². The van der Waals surface area contributed by atoms with E-state index in [-0.39, 0.29) is 29.2 Å². The van der Waals surface area contributed by atoms with Gasteiger partial charge in [0.1, 0.15) is 6.04 Å². The molecule has 7 heteroatoms. The van der Waals surface area contributed by atoms with Crippen LogP contribution in [0.2, 0.25) is 0 Å². The summed E-state index contributed by atoms with van der Waals surface area (Å²) in [5, 5.41) is 2.78. The van der Waals surface area contributed by atoms with Gasteiger partial charge in [0.2, 0.25) is 17.7 Å². The van der Waals surface area contributed by atoms with E-state index in [0.29, 0.717) is 38.9 Å². The van der Waals surface area contributed by atoms with Crippen LogP contribution in [-0.2, 0) is 20.8 Å². The molecule has 0 aromatic carbocycles. The van der Waals surface area contributed by atoms with Crippen molar-refractivity contribution >= 4 is 17.7 Å². The predicted molar refractivity (Wildman–Crippen MR) is 103 cm³/mol. The zero-order chi connectivity index (χ0) is 19.6. The number of nitrogens with zero attached hydrogens (tertiary/aromatic N) is 3. The Morgan fingerprint density at radius 1 is 1.18 bits per heavy atom. The third kappa shape index (κ3) is 4.03. The minimum atomic E-state index is -0.343. The van der Waals surface area contributed by atoms with E-state index in [1.807, 2.05) is 28.0 Å². The predicted octanol–water partition coefficient (Wildman–Crippen LogP) is 1.13. The molecule has 1 atom stereocenters. The van der Waals surface area contributed by atoms with Crippen molar-refractivity contribution in [1.82, 2.24) is 20.1 Å². The lowest BCUT2D eigenvalue weighted by Crippen LogP contribution is -2.54. The maximum Gasteiger partial charge on any atom is 0.245 e. The van der Waals surface area contributed by atoms with Crippen LogP contribution in [0.1, 0.15) is 44.2 Å². The van der Waals surface area contributed by atoms with Crippen molar-refractivity contribution in [2.24, 2.45) is 5.41 Å². The van der Waals surface area contributed by atoms with Crippen molar-refractivity contribution in [2.75, 3.05) is 26.2 Å². The molecule has 3 saturated heterocycles. The van der Waals surface area contributed by atoms with E-state index in [0.717, 1.165) is 37.9 Å². The zero-order valence-corrected chi connectivity index (χ0v) is 16.2. The number of hydrogen-bond acceptors (Lipinski definition) is 4. The monoisotopic (exact) mass is 384 g/mol. The average Bonchev–Trinajstić information content (AvgIpc) is 3.16. The summed E-state index contributed by atoms with van der Waals surface area (Å²) in [6.45, 7) is 2.91. The van der Waals surface area contributed by atoms with Crippen LogP contribution in [-0.4, -0.2) is 64.7 Å². The molecule has 1 aromatic rings. The quantitative estimate of drug-likeness (QED) is 0.844. The molecule has 150 valence electrons. The first-order valence-electron chi connectivity index (χ1n) is 10.3. The van der Waals surface area contributed by atoms with E-state index >= 15 is 0 Å². The van der Waals surface area contributed by atoms with Crippen LogP contribution >= 0.6 is 0 Å². The topological polar surface area (TPSA) is 82.6 Å². The van der Waals surface area contributed by atoms with Crippen molar-refractivity contribution in [3.63, 3.8) is 0 Å². The Hall–Kier alpha value is -2.44. The van der Waals surface area contributed by atoms with Crippen LogP contribution in [0, 0.1) is 5.41 Å². The summed E-state index contributed by atoms with van der Waals surface area (Å²) < 4.78 is 0. The second kappa shape index (κ2) is 7.89. The van der Waals surface area contributed by atoms with E-state index in [1.165, 1.54) is 0 Å². The highest BCUT2D eigenvalue weighted by Crippen LogP contribution is 2.40. The number of aromatic nitrogens is 1. The second-order valence-corrected chi connectivity index (χ2v) is 8.37. The third-order valence-electron chi connectivity index (χ3n) is 6.54. The SMILES string of the molecule is O=C1CC[C@@H](C(=O)N2CCC3(CCC(=O)N(CCc4ccccn4)C3)CC2)N1. The van der Waals surface area contributed by atoms with Crippen LogP contribution in [0.15, 0.2) is 24.4 Å². The summed E-state index contributed by atoms with van der Waals surface area (Å²) in [4.78, 5) is 44.7. The number of pyridine rings is 1. The summed E-state index contributed by atoms with van der Waals surface area (Å²) >= 11 is 0. The molecule has 0 bridgehead atoms. The van der Waals surface area contributed by atoms with E-state index in [4.69, 9.17) is 0 Å². The Labute approximate surface area is 165 Å². The highest BCUT2D eigenvalue weighted by molar-refractivity contribution is 5.90. The number of carbonyl (C=O) groups excluding carboxylic acids is 3. The van der Waals surface area contributed by atoms with Gasteiger partial charge in [-0.05, 0) is 43.2 Å². The first kappa shape index (κ1) is 18.9. The molecule has 7 nitrogen and oxygen atoms in total. The van der Waals surface area contributed by atoms with Gasteiger partial charge in [-0.2, -0.15) is 0 Å². The molecule has 1 N–H and O–H groups in total. The van der Waals surface area contributed by atoms with E-state index < -0.39 is 0 Å². The molecule has 3 fully saturated rings. The third-order valence-corrected chi connectivity index (χ3v) is 6.54. The van der Waals surface area contributed by atoms with Crippen LogP contribution in [0.5, 0.6) is 0 Å². The number of hydrogen-bond donors (Lipinski definition) is 1. The Balaban J connectivity index is 1.32. The number of likely N-dealkylation sites (tertiary alicyclic amines) is 2. The number of amides is 3. The first-order valence-corrected chi connectivity index (χ1v) is 10.3. The van der Waals surface area contributed by atoms with E-state index in [1.54, 1.807) is 6.20 Å². The van der Waals surface area contributed by atoms with E-state index in [2.05, 4.69) is 10.3 Å². The largest absolute Gasteiger partial charge is 0.344 e. The summed E-state index contributed by atoms with van der Waals surface area (Å²) in [6, 6.07) is 5.53. The molecular formula is C21H28N4O3. The van der Waals surface area contributed by atoms with Gasteiger partial charge in [0.05, 0.1) is 0 Å². The van der Waals surface area contributed by atoms with Gasteiger partial charge in [0.25, 0.3) is 0 Å². The molecule has 0 aliphatic carbocycles. The smallest absolute Gasteiger partial charge is 0.245 e. The molecule has 3 amide bonds. The lowest BCUT2D eigenvalue weighted by atomic mass is 9.72. The number of nitrogens with one attached hydrogen (secondary N) is 1. The van der Waals surface area contributed by atoms with Gasteiger partial charge >= 0.3 is 0 Å². The molecule has 1 aromatic heterocycles. The fraction of sp³-hybridized carbons (Fsp3) is 0.619. The summed E-state index contributed by atoms with van der Waals surface area (Å²) in [6.07, 6.45) is 6.96. The van der Waals surface area contributed by atoms with Gasteiger partial charge in [-0.15, -0.1) is 0 Å². The van der Waals surface area contributed by atoms with Crippen LogP contribution in [0.25, 0.3) is 0 Å². The molecule has 0 radical (unpaired) electrons. The minimum Gasteiger partial charge on any atom is -0.344 e. The van der Waals surface area contributed by atoms with E-state index in [9.17, 15) is 14.4 Å². The van der Waals surface area contributed by atoms with Gasteiger partial charge in [-0.1, -0.05) is 6.07 Å². The van der Waals surface area contributed by atoms with Gasteiger partial charge < -0.3 is 15.1 Å². The molecule has 4 rings (SSSR count). The number of rotatable bonds is 4. The Morgan fingerprint density at radius 3 is 2.68 bits per heavy atom. The fourth-order valence-corrected chi connectivity index (χ4v) is 4.73. The molecule has 3 aliphatic heterocycles. The summed E-state index contributed by atoms with van der Waals surface area (Å²) in [5.41, 5.74) is 1.13. The van der Waals surface area contributed by atoms with Crippen molar-refractivity contribution in [2.45, 2.75) is 51.0 Å². The lowest BCUT2D eigenvalue weighted by molar-refractivity contribution is -0.143. The zero-order valence-electron chi connectivity index (χ0n) is 16.2.